The van der Waals surface area contributed by atoms with Gasteiger partial charge in [0.1, 0.15) is 5.60 Å². The number of ether oxygens (including phenoxy) is 3. The normalized spacial score (nSPS) is 15.9. The molecule has 1 aromatic rings. The van der Waals surface area contributed by atoms with Gasteiger partial charge in [-0.15, -0.1) is 0 Å². The number of benzene rings is 1. The lowest BCUT2D eigenvalue weighted by atomic mass is 9.86. The molecule has 0 heterocycles. The second-order valence-corrected chi connectivity index (χ2v) is 7.61. The van der Waals surface area contributed by atoms with Crippen molar-refractivity contribution in [3.05, 3.63) is 35.9 Å². The highest BCUT2D eigenvalue weighted by atomic mass is 16.9. The van der Waals surface area contributed by atoms with E-state index in [9.17, 15) is 5.11 Å². The van der Waals surface area contributed by atoms with Gasteiger partial charge in [0.15, 0.2) is 0 Å². The Labute approximate surface area is 172 Å². The molecule has 0 fully saturated rings. The van der Waals surface area contributed by atoms with Gasteiger partial charge in [-0.2, -0.15) is 0 Å². The molecule has 0 spiro atoms. The van der Waals surface area contributed by atoms with Crippen LogP contribution in [0.1, 0.15) is 84.1 Å². The molecule has 0 radical (unpaired) electrons. The highest BCUT2D eigenvalue weighted by molar-refractivity contribution is 5.18. The molecule has 1 N–H and O–H groups in total. The van der Waals surface area contributed by atoms with E-state index in [0.29, 0.717) is 26.1 Å². The third-order valence-corrected chi connectivity index (χ3v) is 5.25. The van der Waals surface area contributed by atoms with Crippen molar-refractivity contribution in [3.63, 3.8) is 0 Å². The number of aliphatic hydroxyl groups is 1. The molecular formula is C24H42O4. The fraction of sp³-hybridized carbons (Fsp3) is 0.750. The number of hydrogen-bond donors (Lipinski definition) is 1. The Hall–Kier alpha value is -0.940. The topological polar surface area (TPSA) is 47.9 Å². The summed E-state index contributed by atoms with van der Waals surface area (Å²) in [5.74, 6) is -1.45. The smallest absolute Gasteiger partial charge is 0.313 e. The molecular weight excluding hydrogens is 352 g/mol. The quantitative estimate of drug-likeness (QED) is 0.265. The first-order valence-corrected chi connectivity index (χ1v) is 11.2. The van der Waals surface area contributed by atoms with E-state index < -0.39 is 11.6 Å². The molecule has 1 aromatic carbocycles. The number of methoxy groups -OCH3 is 1. The third-order valence-electron chi connectivity index (χ3n) is 5.25. The van der Waals surface area contributed by atoms with Crippen LogP contribution in [0, 0.1) is 0 Å². The van der Waals surface area contributed by atoms with Gasteiger partial charge in [0.25, 0.3) is 0 Å². The van der Waals surface area contributed by atoms with Gasteiger partial charge in [0.2, 0.25) is 0 Å². The first-order chi connectivity index (χ1) is 13.6. The van der Waals surface area contributed by atoms with Gasteiger partial charge >= 0.3 is 5.97 Å². The van der Waals surface area contributed by atoms with Gasteiger partial charge in [-0.3, -0.25) is 0 Å². The lowest BCUT2D eigenvalue weighted by Gasteiger charge is -2.45. The molecule has 0 aliphatic carbocycles. The van der Waals surface area contributed by atoms with Crippen molar-refractivity contribution in [1.82, 2.24) is 0 Å². The van der Waals surface area contributed by atoms with Crippen molar-refractivity contribution in [3.8, 4) is 0 Å². The van der Waals surface area contributed by atoms with Gasteiger partial charge in [0, 0.05) is 20.1 Å². The number of rotatable bonds is 17. The Morgan fingerprint density at radius 1 is 0.821 bits per heavy atom. The Kier molecular flexibility index (Phi) is 12.6. The van der Waals surface area contributed by atoms with Crippen LogP contribution >= 0.6 is 0 Å². The Morgan fingerprint density at radius 3 is 2.07 bits per heavy atom. The molecule has 162 valence electrons. The van der Waals surface area contributed by atoms with Gasteiger partial charge in [-0.05, 0) is 25.3 Å². The molecule has 1 rings (SSSR count). The molecule has 2 atom stereocenters. The molecule has 0 amide bonds. The lowest BCUT2D eigenvalue weighted by Crippen LogP contribution is -2.60. The highest BCUT2D eigenvalue weighted by Gasteiger charge is 2.53. The minimum absolute atomic E-state index is 0.410. The Balaban J connectivity index is 2.98. The van der Waals surface area contributed by atoms with Gasteiger partial charge in [-0.25, -0.2) is 0 Å². The van der Waals surface area contributed by atoms with E-state index in [4.69, 9.17) is 14.2 Å². The second-order valence-electron chi connectivity index (χ2n) is 7.61. The molecule has 0 aliphatic rings. The van der Waals surface area contributed by atoms with Crippen molar-refractivity contribution >= 4 is 0 Å². The summed E-state index contributed by atoms with van der Waals surface area (Å²) < 4.78 is 17.8. The van der Waals surface area contributed by atoms with Crippen molar-refractivity contribution in [2.75, 3.05) is 20.3 Å². The average molecular weight is 395 g/mol. The zero-order chi connectivity index (χ0) is 20.7. The van der Waals surface area contributed by atoms with Crippen LogP contribution in [-0.4, -0.2) is 37.0 Å². The average Bonchev–Trinajstić information content (AvgIpc) is 2.70. The van der Waals surface area contributed by atoms with Crippen LogP contribution in [0.5, 0.6) is 0 Å². The summed E-state index contributed by atoms with van der Waals surface area (Å²) in [6, 6.07) is 10.0. The molecule has 4 heteroatoms. The standard InChI is InChI=1S/C24H42O4/c1-5-8-10-11-12-16-19-23(25,21-22-17-14-13-15-18-22)24(26-4,27-7-3)28-20-9-6-2/h13-15,17-18,25H,5-12,16,19-21H2,1-4H3. The van der Waals surface area contributed by atoms with E-state index in [2.05, 4.69) is 13.8 Å². The number of unbranched alkanes of at least 4 members (excludes halogenated alkanes) is 6. The van der Waals surface area contributed by atoms with E-state index in [-0.39, 0.29) is 0 Å². The molecule has 0 bridgehead atoms. The minimum atomic E-state index is -1.45. The maximum atomic E-state index is 11.8. The van der Waals surface area contributed by atoms with E-state index >= 15 is 0 Å². The molecule has 2 unspecified atom stereocenters. The van der Waals surface area contributed by atoms with Gasteiger partial charge in [-0.1, -0.05) is 89.1 Å². The lowest BCUT2D eigenvalue weighted by molar-refractivity contribution is -0.435. The zero-order valence-corrected chi connectivity index (χ0v) is 18.5. The first kappa shape index (κ1) is 25.1. The van der Waals surface area contributed by atoms with Crippen molar-refractivity contribution in [2.24, 2.45) is 0 Å². The summed E-state index contributed by atoms with van der Waals surface area (Å²) in [6.07, 6.45) is 9.89. The van der Waals surface area contributed by atoms with Crippen LogP contribution in [-0.2, 0) is 20.6 Å². The Bertz CT molecular complexity index is 493. The molecule has 0 aliphatic heterocycles. The molecule has 0 saturated heterocycles. The van der Waals surface area contributed by atoms with E-state index in [1.165, 1.54) is 25.7 Å². The van der Waals surface area contributed by atoms with Crippen molar-refractivity contribution in [2.45, 2.75) is 96.6 Å². The predicted molar refractivity (Wildman–Crippen MR) is 115 cm³/mol. The van der Waals surface area contributed by atoms with Crippen LogP contribution in [0.2, 0.25) is 0 Å². The van der Waals surface area contributed by atoms with Crippen molar-refractivity contribution in [1.29, 1.82) is 0 Å². The summed E-state index contributed by atoms with van der Waals surface area (Å²) in [5.41, 5.74) is -0.200. The molecule has 28 heavy (non-hydrogen) atoms. The highest BCUT2D eigenvalue weighted by Crippen LogP contribution is 2.37. The fourth-order valence-corrected chi connectivity index (χ4v) is 3.64. The largest absolute Gasteiger partial charge is 0.381 e. The summed E-state index contributed by atoms with van der Waals surface area (Å²) in [5, 5.41) is 11.8. The monoisotopic (exact) mass is 394 g/mol. The maximum Gasteiger partial charge on any atom is 0.313 e. The summed E-state index contributed by atoms with van der Waals surface area (Å²) in [7, 11) is 1.57. The predicted octanol–water partition coefficient (Wildman–Crippen LogP) is 5.86. The van der Waals surface area contributed by atoms with Crippen LogP contribution < -0.4 is 0 Å². The zero-order valence-electron chi connectivity index (χ0n) is 18.5. The minimum Gasteiger partial charge on any atom is -0.381 e. The van der Waals surface area contributed by atoms with E-state index in [0.717, 1.165) is 31.2 Å². The van der Waals surface area contributed by atoms with E-state index in [1.54, 1.807) is 7.11 Å². The Morgan fingerprint density at radius 2 is 1.46 bits per heavy atom. The summed E-state index contributed by atoms with van der Waals surface area (Å²) in [4.78, 5) is 0. The van der Waals surface area contributed by atoms with Crippen LogP contribution in [0.3, 0.4) is 0 Å². The first-order valence-electron chi connectivity index (χ1n) is 11.2. The van der Waals surface area contributed by atoms with Crippen LogP contribution in [0.25, 0.3) is 0 Å². The van der Waals surface area contributed by atoms with Crippen molar-refractivity contribution < 1.29 is 19.3 Å². The summed E-state index contributed by atoms with van der Waals surface area (Å²) in [6.45, 7) is 7.16. The molecule has 4 nitrogen and oxygen atoms in total. The third kappa shape index (κ3) is 7.82. The van der Waals surface area contributed by atoms with Crippen LogP contribution in [0.4, 0.5) is 0 Å². The second kappa shape index (κ2) is 14.1. The van der Waals surface area contributed by atoms with E-state index in [1.807, 2.05) is 37.3 Å². The number of hydrogen-bond acceptors (Lipinski definition) is 4. The summed E-state index contributed by atoms with van der Waals surface area (Å²) >= 11 is 0. The van der Waals surface area contributed by atoms with Gasteiger partial charge in [0.05, 0.1) is 6.61 Å². The molecule has 0 aromatic heterocycles. The SMILES string of the molecule is CCCCCCCCC(O)(Cc1ccccc1)C(OC)(OCC)OCCCC. The van der Waals surface area contributed by atoms with Gasteiger partial charge < -0.3 is 19.3 Å². The fourth-order valence-electron chi connectivity index (χ4n) is 3.64. The molecule has 0 saturated carbocycles. The maximum absolute atomic E-state index is 11.8. The van der Waals surface area contributed by atoms with Crippen LogP contribution in [0.15, 0.2) is 30.3 Å².